The van der Waals surface area contributed by atoms with Crippen LogP contribution < -0.4 is 9.47 Å². The number of hydrogen-bond acceptors (Lipinski definition) is 11. The first-order valence-corrected chi connectivity index (χ1v) is 19.3. The third-order valence-electron chi connectivity index (χ3n) is 9.76. The van der Waals surface area contributed by atoms with E-state index in [1.807, 2.05) is 30.3 Å². The average Bonchev–Trinajstić information content (AvgIpc) is 4.05. The molecule has 0 radical (unpaired) electrons. The van der Waals surface area contributed by atoms with Crippen molar-refractivity contribution in [2.45, 2.75) is 57.4 Å². The highest BCUT2D eigenvalue weighted by Crippen LogP contribution is 2.44. The molecule has 2 aliphatic carbocycles. The lowest BCUT2D eigenvalue weighted by Gasteiger charge is -2.31. The molecule has 274 valence electrons. The van der Waals surface area contributed by atoms with Gasteiger partial charge in [-0.05, 0) is 71.9 Å². The number of carboxylic acid groups (broad SMARTS) is 1. The predicted molar refractivity (Wildman–Crippen MR) is 176 cm³/mol. The number of sulfonamides is 2. The number of carbonyl (C=O) groups excluding carboxylic acids is 2. The minimum atomic E-state index is -3.86. The van der Waals surface area contributed by atoms with Gasteiger partial charge >= 0.3 is 5.97 Å². The molecule has 2 fully saturated rings. The van der Waals surface area contributed by atoms with E-state index in [0.29, 0.717) is 36.1 Å². The number of aliphatic carboxylic acids is 1. The zero-order valence-electron chi connectivity index (χ0n) is 27.7. The fraction of sp³-hybridized carbons (Fsp3) is 0.531. The Balaban J connectivity index is 0.000000204. The van der Waals surface area contributed by atoms with Crippen LogP contribution in [0.1, 0.15) is 41.5 Å². The van der Waals surface area contributed by atoms with Gasteiger partial charge in [0.25, 0.3) is 0 Å². The van der Waals surface area contributed by atoms with Crippen molar-refractivity contribution < 1.29 is 56.2 Å². The van der Waals surface area contributed by atoms with E-state index in [9.17, 15) is 41.6 Å². The molecule has 16 nitrogen and oxygen atoms in total. The second kappa shape index (κ2) is 15.2. The summed E-state index contributed by atoms with van der Waals surface area (Å²) >= 11 is 0. The first kappa shape index (κ1) is 37.4. The molecular formula is C32H42N4O12S2. The largest absolute Gasteiger partial charge is 0.493 e. The Morgan fingerprint density at radius 2 is 1.34 bits per heavy atom. The van der Waals surface area contributed by atoms with Crippen molar-refractivity contribution >= 4 is 38.8 Å². The normalized spacial score (nSPS) is 21.4. The number of nitrogens with zero attached hydrogens (tertiary/aromatic N) is 4. The fourth-order valence-electron chi connectivity index (χ4n) is 6.62. The zero-order chi connectivity index (χ0) is 36.4. The summed E-state index contributed by atoms with van der Waals surface area (Å²) in [5, 5.41) is 29.3. The average molecular weight is 739 g/mol. The molecule has 4 unspecified atom stereocenters. The number of carboxylic acids is 1. The van der Waals surface area contributed by atoms with E-state index in [4.69, 9.17) is 14.6 Å². The van der Waals surface area contributed by atoms with Crippen LogP contribution in [0.3, 0.4) is 0 Å². The van der Waals surface area contributed by atoms with Gasteiger partial charge in [0, 0.05) is 26.2 Å². The van der Waals surface area contributed by atoms with Crippen molar-refractivity contribution in [3.63, 3.8) is 0 Å². The minimum absolute atomic E-state index is 0.0833. The topological polar surface area (TPSA) is 212 Å². The van der Waals surface area contributed by atoms with Gasteiger partial charge in [-0.15, -0.1) is 0 Å². The van der Waals surface area contributed by atoms with E-state index in [2.05, 4.69) is 0 Å². The van der Waals surface area contributed by atoms with Crippen LogP contribution in [0, 0.1) is 17.8 Å². The Morgan fingerprint density at radius 1 is 0.840 bits per heavy atom. The third-order valence-corrected chi connectivity index (χ3v) is 13.4. The molecule has 2 aliphatic heterocycles. The van der Waals surface area contributed by atoms with Gasteiger partial charge in [0.05, 0.1) is 43.7 Å². The van der Waals surface area contributed by atoms with Gasteiger partial charge in [-0.2, -0.15) is 8.61 Å². The molecule has 0 saturated heterocycles. The first-order valence-electron chi connectivity index (χ1n) is 16.1. The van der Waals surface area contributed by atoms with Gasteiger partial charge in [0.1, 0.15) is 0 Å². The highest BCUT2D eigenvalue weighted by molar-refractivity contribution is 7.89. The van der Waals surface area contributed by atoms with Crippen LogP contribution in [0.25, 0.3) is 0 Å². The third kappa shape index (κ3) is 8.38. The van der Waals surface area contributed by atoms with E-state index in [0.717, 1.165) is 35.1 Å². The molecule has 0 spiro atoms. The van der Waals surface area contributed by atoms with Crippen molar-refractivity contribution in [3.8, 4) is 11.5 Å². The standard InChI is InChI=1S/C18H24N2O8S.C14H18N2O4S/c1-27-16-5-11-3-4-19(8-12(11)6-17(16)28-2)29(25,26)9-15(20(24)10-21)13-7-14(13)18(22)23;17-10-16(18)14(11-5-6-11)9-21(19,20)15-7-12-3-1-2-4-13(12)8-15/h5-6,10,13-15,24H,3-4,7-9H2,1-2H3,(H,22,23);1-4,10-11,14,18H,5-9H2. The number of amides is 2. The number of methoxy groups -OCH3 is 2. The van der Waals surface area contributed by atoms with Crippen LogP contribution in [-0.2, 0) is 60.5 Å². The van der Waals surface area contributed by atoms with Gasteiger partial charge in [-0.3, -0.25) is 24.8 Å². The van der Waals surface area contributed by atoms with Crippen LogP contribution >= 0.6 is 0 Å². The lowest BCUT2D eigenvalue weighted by Crippen LogP contribution is -2.45. The molecule has 6 rings (SSSR count). The highest BCUT2D eigenvalue weighted by atomic mass is 32.2. The van der Waals surface area contributed by atoms with E-state index in [1.54, 1.807) is 6.07 Å². The second-order valence-electron chi connectivity index (χ2n) is 12.9. The first-order chi connectivity index (χ1) is 23.7. The predicted octanol–water partition coefficient (Wildman–Crippen LogP) is 1.29. The van der Waals surface area contributed by atoms with E-state index < -0.39 is 55.7 Å². The Hall–Kier alpha value is -3.81. The molecule has 2 heterocycles. The minimum Gasteiger partial charge on any atom is -0.493 e. The summed E-state index contributed by atoms with van der Waals surface area (Å²) in [6, 6.07) is 9.44. The summed E-state index contributed by atoms with van der Waals surface area (Å²) in [5.74, 6) is -2.04. The maximum atomic E-state index is 13.0. The van der Waals surface area contributed by atoms with Crippen LogP contribution in [0.2, 0.25) is 0 Å². The van der Waals surface area contributed by atoms with Gasteiger partial charge in [0.15, 0.2) is 11.5 Å². The number of benzene rings is 2. The number of ether oxygens (including phenoxy) is 2. The van der Waals surface area contributed by atoms with E-state index in [-0.39, 0.29) is 49.1 Å². The van der Waals surface area contributed by atoms with Gasteiger partial charge in [0.2, 0.25) is 32.9 Å². The molecule has 0 bridgehead atoms. The number of hydrogen-bond donors (Lipinski definition) is 3. The summed E-state index contributed by atoms with van der Waals surface area (Å²) in [6.45, 7) is 1.08. The summed E-state index contributed by atoms with van der Waals surface area (Å²) in [5.41, 5.74) is 3.76. The smallest absolute Gasteiger partial charge is 0.306 e. The number of hydroxylamine groups is 4. The summed E-state index contributed by atoms with van der Waals surface area (Å²) in [7, 11) is -4.35. The van der Waals surface area contributed by atoms with Crippen molar-refractivity contribution in [3.05, 3.63) is 58.7 Å². The van der Waals surface area contributed by atoms with Crippen molar-refractivity contribution in [2.24, 2.45) is 17.8 Å². The molecule has 2 aromatic rings. The van der Waals surface area contributed by atoms with E-state index >= 15 is 0 Å². The lowest BCUT2D eigenvalue weighted by molar-refractivity contribution is -0.161. The second-order valence-corrected chi connectivity index (χ2v) is 17.0. The van der Waals surface area contributed by atoms with Crippen molar-refractivity contribution in [1.29, 1.82) is 0 Å². The molecule has 2 saturated carbocycles. The number of rotatable bonds is 15. The molecule has 4 aliphatic rings. The molecule has 18 heteroatoms. The Kier molecular flexibility index (Phi) is 11.4. The fourth-order valence-corrected chi connectivity index (χ4v) is 10.1. The van der Waals surface area contributed by atoms with Gasteiger partial charge in [-0.25, -0.2) is 27.0 Å². The maximum Gasteiger partial charge on any atom is 0.306 e. The number of carbonyl (C=O) groups is 3. The maximum absolute atomic E-state index is 13.0. The summed E-state index contributed by atoms with van der Waals surface area (Å²) < 4.78 is 64.3. The SMILES string of the molecule is COc1cc2c(cc1OC)CN(S(=O)(=O)CC(C1CC1C(=O)O)N(O)C=O)CC2.O=CN(O)C(CS(=O)(=O)N1Cc2ccccc2C1)C1CC1. The molecule has 4 atom stereocenters. The molecular weight excluding hydrogens is 697 g/mol. The Morgan fingerprint density at radius 3 is 1.84 bits per heavy atom. The molecule has 3 N–H and O–H groups in total. The van der Waals surface area contributed by atoms with Crippen LogP contribution in [0.4, 0.5) is 0 Å². The van der Waals surface area contributed by atoms with Crippen molar-refractivity contribution in [2.75, 3.05) is 32.3 Å². The molecule has 2 aromatic carbocycles. The molecule has 0 aromatic heterocycles. The monoisotopic (exact) mass is 738 g/mol. The Labute approximate surface area is 290 Å². The molecule has 2 amide bonds. The van der Waals surface area contributed by atoms with Crippen LogP contribution in [0.5, 0.6) is 11.5 Å². The lowest BCUT2D eigenvalue weighted by atomic mass is 10.0. The zero-order valence-corrected chi connectivity index (χ0v) is 29.3. The quantitative estimate of drug-likeness (QED) is 0.134. The van der Waals surface area contributed by atoms with E-state index in [1.165, 1.54) is 22.8 Å². The summed E-state index contributed by atoms with van der Waals surface area (Å²) in [6.07, 6.45) is 2.80. The van der Waals surface area contributed by atoms with Gasteiger partial charge in [-0.1, -0.05) is 24.3 Å². The van der Waals surface area contributed by atoms with Crippen LogP contribution in [0.15, 0.2) is 36.4 Å². The van der Waals surface area contributed by atoms with Gasteiger partial charge < -0.3 is 14.6 Å². The highest BCUT2D eigenvalue weighted by Gasteiger charge is 2.51. The summed E-state index contributed by atoms with van der Waals surface area (Å²) in [4.78, 5) is 32.9. The molecule has 50 heavy (non-hydrogen) atoms. The van der Waals surface area contributed by atoms with Crippen LogP contribution in [-0.4, -0.2) is 114 Å². The Bertz CT molecular complexity index is 1780. The number of fused-ring (bicyclic) bond motifs is 2. The van der Waals surface area contributed by atoms with Crippen molar-refractivity contribution in [1.82, 2.24) is 18.7 Å².